The number of carbonyl (C=O) groups is 1. The fourth-order valence-electron chi connectivity index (χ4n) is 4.35. The van der Waals surface area contributed by atoms with Crippen LogP contribution in [0.1, 0.15) is 29.4 Å². The van der Waals surface area contributed by atoms with E-state index in [4.69, 9.17) is 4.74 Å². The summed E-state index contributed by atoms with van der Waals surface area (Å²) in [6.45, 7) is 6.16. The van der Waals surface area contributed by atoms with E-state index in [1.165, 1.54) is 29.5 Å². The highest BCUT2D eigenvalue weighted by Gasteiger charge is 2.27. The summed E-state index contributed by atoms with van der Waals surface area (Å²) < 4.78 is 7.84. The van der Waals surface area contributed by atoms with Crippen molar-refractivity contribution >= 4 is 35.1 Å². The number of hydrogen-bond acceptors (Lipinski definition) is 7. The second-order valence-corrected chi connectivity index (χ2v) is 10.2. The lowest BCUT2D eigenvalue weighted by atomic mass is 10.1. The van der Waals surface area contributed by atoms with Crippen LogP contribution in [-0.2, 0) is 11.2 Å². The zero-order valence-corrected chi connectivity index (χ0v) is 22.5. The number of ether oxygens (including phenoxy) is 1. The Morgan fingerprint density at radius 2 is 1.87 bits per heavy atom. The van der Waals surface area contributed by atoms with E-state index in [9.17, 15) is 14.9 Å². The summed E-state index contributed by atoms with van der Waals surface area (Å²) in [5.41, 5.74) is 5.83. The SMILES string of the molecule is CCc1ccc(N[C@@H]2NC(=O)/C(=C/c3cc(C)n(-c4ccc(Oc5ccc([N+](=O)[O-])cn5)cc4)c3C)S2)cc1. The van der Waals surface area contributed by atoms with Crippen molar-refractivity contribution < 1.29 is 14.5 Å². The molecule has 1 amide bonds. The van der Waals surface area contributed by atoms with Crippen molar-refractivity contribution in [2.75, 3.05) is 5.32 Å². The summed E-state index contributed by atoms with van der Waals surface area (Å²) in [5.74, 6) is 0.731. The summed E-state index contributed by atoms with van der Waals surface area (Å²) >= 11 is 1.46. The molecule has 1 aliphatic rings. The summed E-state index contributed by atoms with van der Waals surface area (Å²) in [6.07, 6.45) is 4.08. The standard InChI is InChI=1S/C29H27N5O4S/c1-4-20-5-7-22(8-6-20)31-29-32-28(35)26(39-29)16-21-15-18(2)33(19(21)3)23-9-12-25(13-10-23)38-27-14-11-24(17-30-27)34(36)37/h5-17,29,31H,4H2,1-3H3,(H,32,35)/b26-16-/t29-/m1/s1. The Kier molecular flexibility index (Phi) is 7.38. The minimum Gasteiger partial charge on any atom is -0.439 e. The molecule has 0 radical (unpaired) electrons. The van der Waals surface area contributed by atoms with E-state index in [2.05, 4.69) is 45.3 Å². The fourth-order valence-corrected chi connectivity index (χ4v) is 5.33. The predicted octanol–water partition coefficient (Wildman–Crippen LogP) is 6.35. The third-order valence-corrected chi connectivity index (χ3v) is 7.43. The molecule has 3 heterocycles. The molecule has 2 N–H and O–H groups in total. The maximum atomic E-state index is 12.7. The average molecular weight is 542 g/mol. The topological polar surface area (TPSA) is 111 Å². The minimum atomic E-state index is -0.503. The number of nitro groups is 1. The van der Waals surface area contributed by atoms with E-state index in [1.807, 2.05) is 56.3 Å². The molecule has 10 heteroatoms. The zero-order chi connectivity index (χ0) is 27.5. The first kappa shape index (κ1) is 26.1. The number of carbonyl (C=O) groups excluding carboxylic acids is 1. The van der Waals surface area contributed by atoms with Gasteiger partial charge in [-0.05, 0) is 79.9 Å². The Labute approximate surface area is 230 Å². The van der Waals surface area contributed by atoms with Crippen LogP contribution in [0.4, 0.5) is 11.4 Å². The second-order valence-electron chi connectivity index (χ2n) is 9.04. The first-order chi connectivity index (χ1) is 18.8. The molecule has 2 aromatic heterocycles. The molecule has 39 heavy (non-hydrogen) atoms. The van der Waals surface area contributed by atoms with Crippen molar-refractivity contribution in [2.45, 2.75) is 32.7 Å². The number of nitrogens with zero attached hydrogens (tertiary/aromatic N) is 3. The van der Waals surface area contributed by atoms with E-state index >= 15 is 0 Å². The van der Waals surface area contributed by atoms with Gasteiger partial charge < -0.3 is 19.9 Å². The highest BCUT2D eigenvalue weighted by molar-refractivity contribution is 8.05. The van der Waals surface area contributed by atoms with Gasteiger partial charge in [-0.25, -0.2) is 4.98 Å². The maximum absolute atomic E-state index is 12.7. The monoisotopic (exact) mass is 541 g/mol. The lowest BCUT2D eigenvalue weighted by Gasteiger charge is -2.12. The van der Waals surface area contributed by atoms with Crippen LogP contribution < -0.4 is 15.4 Å². The summed E-state index contributed by atoms with van der Waals surface area (Å²) in [4.78, 5) is 27.6. The van der Waals surface area contributed by atoms with Crippen molar-refractivity contribution in [1.82, 2.24) is 14.9 Å². The van der Waals surface area contributed by atoms with Crippen LogP contribution in [0.2, 0.25) is 0 Å². The highest BCUT2D eigenvalue weighted by Crippen LogP contribution is 2.32. The number of aryl methyl sites for hydroxylation is 2. The van der Waals surface area contributed by atoms with Crippen molar-refractivity contribution in [2.24, 2.45) is 0 Å². The van der Waals surface area contributed by atoms with Crippen LogP contribution in [0.25, 0.3) is 11.8 Å². The molecule has 0 bridgehead atoms. The van der Waals surface area contributed by atoms with E-state index in [0.29, 0.717) is 10.7 Å². The van der Waals surface area contributed by atoms with Crippen LogP contribution in [-0.4, -0.2) is 25.9 Å². The zero-order valence-electron chi connectivity index (χ0n) is 21.7. The number of hydrogen-bond donors (Lipinski definition) is 2. The van der Waals surface area contributed by atoms with Gasteiger partial charge in [0.2, 0.25) is 5.88 Å². The second kappa shape index (κ2) is 11.0. The molecule has 0 aliphatic carbocycles. The molecule has 9 nitrogen and oxygen atoms in total. The normalized spacial score (nSPS) is 15.8. The smallest absolute Gasteiger partial charge is 0.287 e. The van der Waals surface area contributed by atoms with E-state index in [-0.39, 0.29) is 23.0 Å². The number of anilines is 1. The molecule has 0 unspecified atom stereocenters. The van der Waals surface area contributed by atoms with Crippen LogP contribution in [0.5, 0.6) is 11.6 Å². The van der Waals surface area contributed by atoms with Crippen LogP contribution >= 0.6 is 11.8 Å². The number of rotatable bonds is 8. The molecule has 198 valence electrons. The predicted molar refractivity (Wildman–Crippen MR) is 153 cm³/mol. The minimum absolute atomic E-state index is 0.0935. The number of aromatic nitrogens is 2. The molecular formula is C29H27N5O4S. The van der Waals surface area contributed by atoms with Crippen molar-refractivity contribution in [3.63, 3.8) is 0 Å². The lowest BCUT2D eigenvalue weighted by Crippen LogP contribution is -2.30. The van der Waals surface area contributed by atoms with Gasteiger partial charge in [0, 0.05) is 34.9 Å². The Morgan fingerprint density at radius 3 is 2.51 bits per heavy atom. The molecule has 2 aromatic carbocycles. The highest BCUT2D eigenvalue weighted by atomic mass is 32.2. The van der Waals surface area contributed by atoms with Gasteiger partial charge in [0.05, 0.1) is 9.83 Å². The van der Waals surface area contributed by atoms with Gasteiger partial charge in [0.25, 0.3) is 11.6 Å². The van der Waals surface area contributed by atoms with E-state index < -0.39 is 4.92 Å². The Morgan fingerprint density at radius 1 is 1.13 bits per heavy atom. The number of thioether (sulfide) groups is 1. The van der Waals surface area contributed by atoms with Gasteiger partial charge in [-0.3, -0.25) is 14.9 Å². The quantitative estimate of drug-likeness (QED) is 0.152. The molecule has 1 saturated heterocycles. The van der Waals surface area contributed by atoms with Gasteiger partial charge in [0.15, 0.2) is 5.50 Å². The van der Waals surface area contributed by atoms with Gasteiger partial charge in [0.1, 0.15) is 11.9 Å². The van der Waals surface area contributed by atoms with Gasteiger partial charge in [-0.15, -0.1) is 0 Å². The molecule has 0 spiro atoms. The largest absolute Gasteiger partial charge is 0.439 e. The van der Waals surface area contributed by atoms with Crippen molar-refractivity contribution in [1.29, 1.82) is 0 Å². The number of benzene rings is 2. The summed E-state index contributed by atoms with van der Waals surface area (Å²) in [6, 6.07) is 20.6. The molecule has 1 fully saturated rings. The average Bonchev–Trinajstić information content (AvgIpc) is 3.42. The summed E-state index contributed by atoms with van der Waals surface area (Å²) in [7, 11) is 0. The lowest BCUT2D eigenvalue weighted by molar-refractivity contribution is -0.385. The first-order valence-corrected chi connectivity index (χ1v) is 13.3. The molecule has 4 aromatic rings. The summed E-state index contributed by atoms with van der Waals surface area (Å²) in [5, 5.41) is 17.2. The van der Waals surface area contributed by atoms with Crippen molar-refractivity contribution in [3.8, 4) is 17.3 Å². The first-order valence-electron chi connectivity index (χ1n) is 12.4. The molecule has 0 saturated carbocycles. The molecular weight excluding hydrogens is 514 g/mol. The Bertz CT molecular complexity index is 1540. The Hall–Kier alpha value is -4.57. The number of pyridine rings is 1. The molecule has 1 aliphatic heterocycles. The molecule has 5 rings (SSSR count). The van der Waals surface area contributed by atoms with Crippen LogP contribution in [0.15, 0.2) is 77.8 Å². The third-order valence-electron chi connectivity index (χ3n) is 6.40. The Balaban J connectivity index is 1.29. The fraction of sp³-hybridized carbons (Fsp3) is 0.172. The number of nitrogens with one attached hydrogen (secondary N) is 2. The van der Waals surface area contributed by atoms with Gasteiger partial charge >= 0.3 is 0 Å². The van der Waals surface area contributed by atoms with Gasteiger partial charge in [-0.2, -0.15) is 0 Å². The maximum Gasteiger partial charge on any atom is 0.287 e. The van der Waals surface area contributed by atoms with E-state index in [1.54, 1.807) is 0 Å². The third kappa shape index (κ3) is 5.80. The van der Waals surface area contributed by atoms with E-state index in [0.717, 1.165) is 40.9 Å². The van der Waals surface area contributed by atoms with Crippen molar-refractivity contribution in [3.05, 3.63) is 110 Å². The molecule has 1 atom stereocenters. The number of amides is 1. The van der Waals surface area contributed by atoms with Crippen LogP contribution in [0.3, 0.4) is 0 Å². The van der Waals surface area contributed by atoms with Gasteiger partial charge in [-0.1, -0.05) is 30.8 Å². The van der Waals surface area contributed by atoms with Crippen LogP contribution in [0, 0.1) is 24.0 Å².